The van der Waals surface area contributed by atoms with E-state index in [1.807, 2.05) is 13.1 Å². The van der Waals surface area contributed by atoms with Crippen molar-refractivity contribution in [1.29, 1.82) is 0 Å². The number of aryl methyl sites for hydroxylation is 1. The van der Waals surface area contributed by atoms with Crippen molar-refractivity contribution in [3.8, 4) is 0 Å². The quantitative estimate of drug-likeness (QED) is 0.940. The summed E-state index contributed by atoms with van der Waals surface area (Å²) in [5, 5.41) is 14.2. The van der Waals surface area contributed by atoms with Crippen molar-refractivity contribution >= 4 is 5.97 Å². The second kappa shape index (κ2) is 5.74. The molecule has 0 radical (unpaired) electrons. The average molecular weight is 325 g/mol. The number of aromatic nitrogens is 2. The summed E-state index contributed by atoms with van der Waals surface area (Å²) < 4.78 is 1.67. The van der Waals surface area contributed by atoms with E-state index in [1.165, 1.54) is 11.1 Å². The fraction of sp³-hybridized carbons (Fsp3) is 0.474. The first-order valence-electron chi connectivity index (χ1n) is 8.64. The summed E-state index contributed by atoms with van der Waals surface area (Å²) in [6, 6.07) is 9.15. The van der Waals surface area contributed by atoms with Crippen molar-refractivity contribution in [2.24, 2.45) is 0 Å². The van der Waals surface area contributed by atoms with Crippen molar-refractivity contribution < 1.29 is 9.90 Å². The SMILES string of the molecule is Cc1cnn(C2(C(=O)O)CCN(C3Cc4ccccc4C3)CC2)c1. The summed E-state index contributed by atoms with van der Waals surface area (Å²) in [7, 11) is 0. The van der Waals surface area contributed by atoms with Crippen molar-refractivity contribution in [3.63, 3.8) is 0 Å². The Hall–Kier alpha value is -2.14. The number of nitrogens with zero attached hydrogens (tertiary/aromatic N) is 3. The molecule has 1 aromatic carbocycles. The van der Waals surface area contributed by atoms with Crippen LogP contribution in [0.1, 0.15) is 29.5 Å². The third kappa shape index (κ3) is 2.44. The van der Waals surface area contributed by atoms with Gasteiger partial charge in [0, 0.05) is 25.3 Å². The Labute approximate surface area is 141 Å². The maximum Gasteiger partial charge on any atom is 0.331 e. The molecule has 1 aromatic heterocycles. The Kier molecular flexibility index (Phi) is 3.68. The molecule has 1 aliphatic carbocycles. The maximum absolute atomic E-state index is 12.0. The summed E-state index contributed by atoms with van der Waals surface area (Å²) >= 11 is 0. The fourth-order valence-corrected chi connectivity index (χ4v) is 4.24. The van der Waals surface area contributed by atoms with Crippen LogP contribution in [0.4, 0.5) is 0 Å². The highest BCUT2D eigenvalue weighted by Gasteiger charge is 2.45. The van der Waals surface area contributed by atoms with Gasteiger partial charge in [-0.3, -0.25) is 9.58 Å². The average Bonchev–Trinajstić information content (AvgIpc) is 3.21. The van der Waals surface area contributed by atoms with Gasteiger partial charge < -0.3 is 5.11 Å². The molecule has 0 amide bonds. The molecule has 126 valence electrons. The van der Waals surface area contributed by atoms with Crippen LogP contribution in [0.5, 0.6) is 0 Å². The zero-order valence-electron chi connectivity index (χ0n) is 14.0. The second-order valence-corrected chi connectivity index (χ2v) is 7.17. The number of hydrogen-bond acceptors (Lipinski definition) is 3. The molecule has 2 aromatic rings. The molecule has 5 nitrogen and oxygen atoms in total. The molecule has 0 bridgehead atoms. The molecule has 1 N–H and O–H groups in total. The van der Waals surface area contributed by atoms with E-state index >= 15 is 0 Å². The normalized spacial score (nSPS) is 20.9. The summed E-state index contributed by atoms with van der Waals surface area (Å²) in [6.45, 7) is 3.57. The molecule has 5 heteroatoms. The highest BCUT2D eigenvalue weighted by atomic mass is 16.4. The number of aliphatic carboxylic acids is 1. The highest BCUT2D eigenvalue weighted by molar-refractivity contribution is 5.76. The number of fused-ring (bicyclic) bond motifs is 1. The molecule has 0 saturated carbocycles. The largest absolute Gasteiger partial charge is 0.479 e. The Morgan fingerprint density at radius 2 is 1.83 bits per heavy atom. The number of benzene rings is 1. The first-order chi connectivity index (χ1) is 11.6. The van der Waals surface area contributed by atoms with Crippen LogP contribution in [-0.4, -0.2) is 44.9 Å². The van der Waals surface area contributed by atoms with Gasteiger partial charge in [0.15, 0.2) is 5.54 Å². The number of carboxylic acids is 1. The molecule has 2 heterocycles. The lowest BCUT2D eigenvalue weighted by Crippen LogP contribution is -2.53. The topological polar surface area (TPSA) is 58.4 Å². The molecule has 0 unspecified atom stereocenters. The lowest BCUT2D eigenvalue weighted by Gasteiger charge is -2.41. The van der Waals surface area contributed by atoms with Gasteiger partial charge in [-0.1, -0.05) is 24.3 Å². The zero-order chi connectivity index (χ0) is 16.7. The number of piperidine rings is 1. The van der Waals surface area contributed by atoms with Crippen molar-refractivity contribution in [1.82, 2.24) is 14.7 Å². The Balaban J connectivity index is 1.49. The molecule has 0 spiro atoms. The fourth-order valence-electron chi connectivity index (χ4n) is 4.24. The standard InChI is InChI=1S/C19H23N3O2/c1-14-12-20-22(13-14)19(18(23)24)6-8-21(9-7-19)17-10-15-4-2-3-5-16(15)11-17/h2-5,12-13,17H,6-11H2,1H3,(H,23,24). The van der Waals surface area contributed by atoms with Gasteiger partial charge in [-0.2, -0.15) is 5.10 Å². The van der Waals surface area contributed by atoms with Gasteiger partial charge in [-0.05, 0) is 49.3 Å². The minimum Gasteiger partial charge on any atom is -0.479 e. The maximum atomic E-state index is 12.0. The molecule has 1 fully saturated rings. The van der Waals surface area contributed by atoms with Gasteiger partial charge in [-0.15, -0.1) is 0 Å². The van der Waals surface area contributed by atoms with E-state index in [0.717, 1.165) is 31.5 Å². The molecule has 2 aliphatic rings. The summed E-state index contributed by atoms with van der Waals surface area (Å²) in [5.41, 5.74) is 3.00. The van der Waals surface area contributed by atoms with Crippen LogP contribution in [0, 0.1) is 6.92 Å². The first kappa shape index (κ1) is 15.4. The zero-order valence-corrected chi connectivity index (χ0v) is 14.0. The number of hydrogen-bond donors (Lipinski definition) is 1. The third-order valence-corrected chi connectivity index (χ3v) is 5.72. The minimum atomic E-state index is -0.893. The molecule has 4 rings (SSSR count). The summed E-state index contributed by atoms with van der Waals surface area (Å²) in [5.74, 6) is -0.764. The molecule has 0 atom stereocenters. The number of likely N-dealkylation sites (tertiary alicyclic amines) is 1. The van der Waals surface area contributed by atoms with E-state index in [1.54, 1.807) is 10.9 Å². The van der Waals surface area contributed by atoms with Crippen molar-refractivity contribution in [3.05, 3.63) is 53.3 Å². The lowest BCUT2D eigenvalue weighted by atomic mass is 9.86. The summed E-state index contributed by atoms with van der Waals surface area (Å²) in [6.07, 6.45) is 6.97. The molecule has 1 aliphatic heterocycles. The lowest BCUT2D eigenvalue weighted by molar-refractivity contribution is -0.151. The van der Waals surface area contributed by atoms with Crippen LogP contribution in [0.15, 0.2) is 36.7 Å². The van der Waals surface area contributed by atoms with E-state index in [9.17, 15) is 9.90 Å². The number of rotatable bonds is 3. The first-order valence-corrected chi connectivity index (χ1v) is 8.64. The third-order valence-electron chi connectivity index (χ3n) is 5.72. The molecular weight excluding hydrogens is 302 g/mol. The second-order valence-electron chi connectivity index (χ2n) is 7.17. The Morgan fingerprint density at radius 1 is 1.21 bits per heavy atom. The molecule has 1 saturated heterocycles. The van der Waals surface area contributed by atoms with Gasteiger partial charge in [0.2, 0.25) is 0 Å². The van der Waals surface area contributed by atoms with Gasteiger partial charge >= 0.3 is 5.97 Å². The van der Waals surface area contributed by atoms with Crippen LogP contribution in [-0.2, 0) is 23.2 Å². The summed E-state index contributed by atoms with van der Waals surface area (Å²) in [4.78, 5) is 14.5. The van der Waals surface area contributed by atoms with E-state index in [4.69, 9.17) is 0 Å². The molecular formula is C19H23N3O2. The van der Waals surface area contributed by atoms with E-state index in [-0.39, 0.29) is 0 Å². The highest BCUT2D eigenvalue weighted by Crippen LogP contribution is 2.34. The van der Waals surface area contributed by atoms with E-state index < -0.39 is 11.5 Å². The number of carboxylic acid groups (broad SMARTS) is 1. The molecule has 24 heavy (non-hydrogen) atoms. The minimum absolute atomic E-state index is 0.508. The van der Waals surface area contributed by atoms with E-state index in [2.05, 4.69) is 34.3 Å². The van der Waals surface area contributed by atoms with Crippen LogP contribution < -0.4 is 0 Å². The van der Waals surface area contributed by atoms with Crippen LogP contribution in [0.25, 0.3) is 0 Å². The monoisotopic (exact) mass is 325 g/mol. The predicted octanol–water partition coefficient (Wildman–Crippen LogP) is 2.23. The van der Waals surface area contributed by atoms with Gasteiger partial charge in [-0.25, -0.2) is 4.79 Å². The van der Waals surface area contributed by atoms with Gasteiger partial charge in [0.05, 0.1) is 6.20 Å². The van der Waals surface area contributed by atoms with Gasteiger partial charge in [0.1, 0.15) is 0 Å². The smallest absolute Gasteiger partial charge is 0.331 e. The number of carbonyl (C=O) groups is 1. The van der Waals surface area contributed by atoms with Crippen LogP contribution in [0.3, 0.4) is 0 Å². The van der Waals surface area contributed by atoms with Crippen molar-refractivity contribution in [2.45, 2.75) is 44.2 Å². The van der Waals surface area contributed by atoms with Crippen LogP contribution in [0.2, 0.25) is 0 Å². The van der Waals surface area contributed by atoms with E-state index in [0.29, 0.717) is 18.9 Å². The van der Waals surface area contributed by atoms with Crippen LogP contribution >= 0.6 is 0 Å². The predicted molar refractivity (Wildman–Crippen MR) is 91.0 cm³/mol. The Bertz CT molecular complexity index is 734. The Morgan fingerprint density at radius 3 is 2.33 bits per heavy atom. The van der Waals surface area contributed by atoms with Gasteiger partial charge in [0.25, 0.3) is 0 Å². The van der Waals surface area contributed by atoms with Crippen molar-refractivity contribution in [2.75, 3.05) is 13.1 Å².